The predicted molar refractivity (Wildman–Crippen MR) is 62.9 cm³/mol. The summed E-state index contributed by atoms with van der Waals surface area (Å²) in [5, 5.41) is 0. The molecule has 0 aromatic heterocycles. The van der Waals surface area contributed by atoms with E-state index >= 15 is 0 Å². The number of primary amides is 1. The molecule has 0 aliphatic rings. The van der Waals surface area contributed by atoms with E-state index in [0.29, 0.717) is 11.3 Å². The smallest absolute Gasteiger partial charge is 0.250 e. The summed E-state index contributed by atoms with van der Waals surface area (Å²) >= 11 is 0. The SMILES string of the molecule is CCCN(C)c1cc(N)ccc1C(N)=O. The predicted octanol–water partition coefficient (Wildman–Crippen LogP) is 1.21. The highest BCUT2D eigenvalue weighted by molar-refractivity contribution is 5.99. The van der Waals surface area contributed by atoms with Gasteiger partial charge < -0.3 is 16.4 Å². The van der Waals surface area contributed by atoms with Crippen molar-refractivity contribution in [3.8, 4) is 0 Å². The summed E-state index contributed by atoms with van der Waals surface area (Å²) < 4.78 is 0. The fourth-order valence-corrected chi connectivity index (χ4v) is 1.53. The zero-order chi connectivity index (χ0) is 11.4. The second kappa shape index (κ2) is 4.68. The Balaban J connectivity index is 3.12. The van der Waals surface area contributed by atoms with Gasteiger partial charge in [0.05, 0.1) is 11.3 Å². The van der Waals surface area contributed by atoms with Gasteiger partial charge in [-0.3, -0.25) is 4.79 Å². The number of carbonyl (C=O) groups excluding carboxylic acids is 1. The van der Waals surface area contributed by atoms with Crippen molar-refractivity contribution >= 4 is 17.3 Å². The topological polar surface area (TPSA) is 72.3 Å². The van der Waals surface area contributed by atoms with Gasteiger partial charge in [-0.2, -0.15) is 0 Å². The van der Waals surface area contributed by atoms with Crippen LogP contribution in [0.5, 0.6) is 0 Å². The van der Waals surface area contributed by atoms with Crippen molar-refractivity contribution in [1.82, 2.24) is 0 Å². The van der Waals surface area contributed by atoms with Gasteiger partial charge >= 0.3 is 0 Å². The zero-order valence-corrected chi connectivity index (χ0v) is 9.16. The standard InChI is InChI=1S/C11H17N3O/c1-3-6-14(2)10-7-8(12)4-5-9(10)11(13)15/h4-5,7H,3,6,12H2,1-2H3,(H2,13,15). The van der Waals surface area contributed by atoms with Crippen LogP contribution in [0.4, 0.5) is 11.4 Å². The van der Waals surface area contributed by atoms with Crippen LogP contribution in [0.15, 0.2) is 18.2 Å². The quantitative estimate of drug-likeness (QED) is 0.729. The summed E-state index contributed by atoms with van der Waals surface area (Å²) in [6, 6.07) is 5.12. The van der Waals surface area contributed by atoms with E-state index in [-0.39, 0.29) is 0 Å². The molecule has 1 rings (SSSR count). The fourth-order valence-electron chi connectivity index (χ4n) is 1.53. The maximum absolute atomic E-state index is 11.2. The fraction of sp³-hybridized carbons (Fsp3) is 0.364. The van der Waals surface area contributed by atoms with Crippen molar-refractivity contribution in [2.75, 3.05) is 24.2 Å². The molecule has 0 atom stereocenters. The molecular formula is C11H17N3O. The average molecular weight is 207 g/mol. The van der Waals surface area contributed by atoms with E-state index in [1.165, 1.54) is 0 Å². The monoisotopic (exact) mass is 207 g/mol. The van der Waals surface area contributed by atoms with Crippen LogP contribution in [-0.2, 0) is 0 Å². The van der Waals surface area contributed by atoms with Crippen LogP contribution in [0, 0.1) is 0 Å². The van der Waals surface area contributed by atoms with Gasteiger partial charge in [-0.1, -0.05) is 6.92 Å². The van der Waals surface area contributed by atoms with E-state index in [4.69, 9.17) is 11.5 Å². The molecule has 4 nitrogen and oxygen atoms in total. The normalized spacial score (nSPS) is 10.0. The van der Waals surface area contributed by atoms with Gasteiger partial charge in [0.15, 0.2) is 0 Å². The maximum atomic E-state index is 11.2. The summed E-state index contributed by atoms with van der Waals surface area (Å²) in [4.78, 5) is 13.2. The molecular weight excluding hydrogens is 190 g/mol. The molecule has 1 aromatic rings. The molecule has 0 aliphatic carbocycles. The average Bonchev–Trinajstić information content (AvgIpc) is 2.17. The lowest BCUT2D eigenvalue weighted by molar-refractivity contribution is 0.100. The number of nitrogens with zero attached hydrogens (tertiary/aromatic N) is 1. The lowest BCUT2D eigenvalue weighted by Crippen LogP contribution is -2.23. The Morgan fingerprint density at radius 1 is 1.47 bits per heavy atom. The van der Waals surface area contributed by atoms with E-state index in [2.05, 4.69) is 6.92 Å². The first-order chi connectivity index (χ1) is 7.06. The van der Waals surface area contributed by atoms with Crippen molar-refractivity contribution in [1.29, 1.82) is 0 Å². The maximum Gasteiger partial charge on any atom is 0.250 e. The molecule has 15 heavy (non-hydrogen) atoms. The van der Waals surface area contributed by atoms with Crippen molar-refractivity contribution in [2.24, 2.45) is 5.73 Å². The molecule has 0 spiro atoms. The first kappa shape index (κ1) is 11.4. The van der Waals surface area contributed by atoms with E-state index in [1.807, 2.05) is 11.9 Å². The highest BCUT2D eigenvalue weighted by Gasteiger charge is 2.11. The van der Waals surface area contributed by atoms with Gasteiger partial charge in [0.1, 0.15) is 0 Å². The Morgan fingerprint density at radius 3 is 2.67 bits per heavy atom. The van der Waals surface area contributed by atoms with Gasteiger partial charge in [0.2, 0.25) is 0 Å². The van der Waals surface area contributed by atoms with Crippen molar-refractivity contribution in [2.45, 2.75) is 13.3 Å². The molecule has 4 N–H and O–H groups in total. The lowest BCUT2D eigenvalue weighted by atomic mass is 10.1. The van der Waals surface area contributed by atoms with Crippen molar-refractivity contribution < 1.29 is 4.79 Å². The summed E-state index contributed by atoms with van der Waals surface area (Å²) in [5.41, 5.74) is 12.9. The molecule has 0 saturated heterocycles. The first-order valence-corrected chi connectivity index (χ1v) is 4.96. The number of hydrogen-bond acceptors (Lipinski definition) is 3. The van der Waals surface area contributed by atoms with Gasteiger partial charge in [0.25, 0.3) is 5.91 Å². The summed E-state index contributed by atoms with van der Waals surface area (Å²) in [6.07, 6.45) is 1.00. The second-order valence-corrected chi connectivity index (χ2v) is 3.56. The highest BCUT2D eigenvalue weighted by atomic mass is 16.1. The first-order valence-electron chi connectivity index (χ1n) is 4.96. The number of rotatable bonds is 4. The minimum Gasteiger partial charge on any atom is -0.399 e. The number of carbonyl (C=O) groups is 1. The molecule has 1 amide bonds. The van der Waals surface area contributed by atoms with Crippen molar-refractivity contribution in [3.05, 3.63) is 23.8 Å². The summed E-state index contributed by atoms with van der Waals surface area (Å²) in [5.74, 6) is -0.423. The van der Waals surface area contributed by atoms with E-state index < -0.39 is 5.91 Å². The third-order valence-electron chi connectivity index (χ3n) is 2.26. The number of nitrogen functional groups attached to an aromatic ring is 1. The second-order valence-electron chi connectivity index (χ2n) is 3.56. The molecule has 1 aromatic carbocycles. The van der Waals surface area contributed by atoms with Crippen LogP contribution in [-0.4, -0.2) is 19.5 Å². The minimum atomic E-state index is -0.423. The van der Waals surface area contributed by atoms with Gasteiger partial charge in [0, 0.05) is 19.3 Å². The zero-order valence-electron chi connectivity index (χ0n) is 9.16. The lowest BCUT2D eigenvalue weighted by Gasteiger charge is -2.21. The molecule has 0 fully saturated rings. The van der Waals surface area contributed by atoms with Crippen LogP contribution in [0.1, 0.15) is 23.7 Å². The third kappa shape index (κ3) is 2.62. The number of anilines is 2. The Hall–Kier alpha value is -1.71. The van der Waals surface area contributed by atoms with Crippen LogP contribution >= 0.6 is 0 Å². The Kier molecular flexibility index (Phi) is 3.55. The minimum absolute atomic E-state index is 0.423. The third-order valence-corrected chi connectivity index (χ3v) is 2.26. The number of nitrogens with two attached hydrogens (primary N) is 2. The number of benzene rings is 1. The summed E-state index contributed by atoms with van der Waals surface area (Å²) in [7, 11) is 1.92. The molecule has 82 valence electrons. The molecule has 4 heteroatoms. The highest BCUT2D eigenvalue weighted by Crippen LogP contribution is 2.22. The Bertz CT molecular complexity index is 363. The molecule has 0 radical (unpaired) electrons. The van der Waals surface area contributed by atoms with Crippen LogP contribution in [0.3, 0.4) is 0 Å². The van der Waals surface area contributed by atoms with E-state index in [1.54, 1.807) is 18.2 Å². The van der Waals surface area contributed by atoms with Gasteiger partial charge in [-0.05, 0) is 24.6 Å². The largest absolute Gasteiger partial charge is 0.399 e. The van der Waals surface area contributed by atoms with Crippen molar-refractivity contribution in [3.63, 3.8) is 0 Å². The summed E-state index contributed by atoms with van der Waals surface area (Å²) in [6.45, 7) is 2.94. The Morgan fingerprint density at radius 2 is 2.13 bits per heavy atom. The molecule has 0 bridgehead atoms. The molecule has 0 saturated carbocycles. The van der Waals surface area contributed by atoms with E-state index in [0.717, 1.165) is 18.7 Å². The van der Waals surface area contributed by atoms with E-state index in [9.17, 15) is 4.79 Å². The van der Waals surface area contributed by atoms with Crippen LogP contribution in [0.25, 0.3) is 0 Å². The van der Waals surface area contributed by atoms with Gasteiger partial charge in [-0.15, -0.1) is 0 Å². The number of hydrogen-bond donors (Lipinski definition) is 2. The molecule has 0 heterocycles. The molecule has 0 unspecified atom stereocenters. The molecule has 0 aliphatic heterocycles. The Labute approximate surface area is 89.9 Å². The van der Waals surface area contributed by atoms with Crippen LogP contribution < -0.4 is 16.4 Å². The van der Waals surface area contributed by atoms with Gasteiger partial charge in [-0.25, -0.2) is 0 Å². The number of amides is 1. The van der Waals surface area contributed by atoms with Crippen LogP contribution in [0.2, 0.25) is 0 Å².